The molecule has 1 aliphatic rings. The van der Waals surface area contributed by atoms with Gasteiger partial charge in [-0.3, -0.25) is 38.3 Å². The van der Waals surface area contributed by atoms with Gasteiger partial charge in [-0.2, -0.15) is 0 Å². The van der Waals surface area contributed by atoms with Crippen LogP contribution in [-0.4, -0.2) is 65.4 Å². The molecular weight excluding hydrogens is 558 g/mol. The second kappa shape index (κ2) is 13.3. The zero-order chi connectivity index (χ0) is 27.7. The van der Waals surface area contributed by atoms with E-state index in [2.05, 4.69) is 40.6 Å². The lowest BCUT2D eigenvalue weighted by molar-refractivity contribution is -0.143. The molecule has 0 radical (unpaired) electrons. The van der Waals surface area contributed by atoms with Gasteiger partial charge >= 0.3 is 23.3 Å². The average molecular weight is 584 g/mol. The highest BCUT2D eigenvalue weighted by Gasteiger charge is 2.15. The van der Waals surface area contributed by atoms with E-state index in [1.165, 1.54) is 27.1 Å². The van der Waals surface area contributed by atoms with Gasteiger partial charge in [0.15, 0.2) is 11.2 Å². The predicted octanol–water partition coefficient (Wildman–Crippen LogP) is -0.737. The Hall–Kier alpha value is -4.08. The first-order valence-corrected chi connectivity index (χ1v) is 12.0. The number of ether oxygens (including phenoxy) is 2. The van der Waals surface area contributed by atoms with Gasteiger partial charge in [0.2, 0.25) is 0 Å². The topological polar surface area (TPSA) is 192 Å². The minimum absolute atomic E-state index is 0.119. The SMILES string of the molecule is CCOC(=O)CBr.CCOC(=O)Cn1cnc2c1c(=O)[nH]c(=O)n2C.Cn1c2c(c(=O)[nH]c1=O)CC=N2. The van der Waals surface area contributed by atoms with Crippen molar-refractivity contribution in [3.63, 3.8) is 0 Å². The normalized spacial score (nSPS) is 11.2. The highest BCUT2D eigenvalue weighted by atomic mass is 79.9. The first-order valence-electron chi connectivity index (χ1n) is 10.9. The summed E-state index contributed by atoms with van der Waals surface area (Å²) in [5.74, 6) is -0.198. The van der Waals surface area contributed by atoms with Crippen LogP contribution in [0, 0.1) is 0 Å². The Balaban J connectivity index is 0.000000218. The molecule has 0 atom stereocenters. The molecule has 15 nitrogen and oxygen atoms in total. The fourth-order valence-corrected chi connectivity index (χ4v) is 3.24. The van der Waals surface area contributed by atoms with Crippen LogP contribution in [0.5, 0.6) is 0 Å². The third-order valence-electron chi connectivity index (χ3n) is 4.79. The molecule has 0 saturated carbocycles. The van der Waals surface area contributed by atoms with Crippen LogP contribution >= 0.6 is 15.9 Å². The van der Waals surface area contributed by atoms with Gasteiger partial charge in [0.25, 0.3) is 11.1 Å². The second-order valence-corrected chi connectivity index (χ2v) is 7.80. The van der Waals surface area contributed by atoms with Crippen LogP contribution in [0.1, 0.15) is 19.4 Å². The van der Waals surface area contributed by atoms with Crippen molar-refractivity contribution in [2.45, 2.75) is 26.8 Å². The van der Waals surface area contributed by atoms with Crippen LogP contribution in [-0.2, 0) is 46.1 Å². The Morgan fingerprint density at radius 2 is 1.57 bits per heavy atom. The summed E-state index contributed by atoms with van der Waals surface area (Å²) in [6.07, 6.45) is 3.47. The number of fused-ring (bicyclic) bond motifs is 2. The average Bonchev–Trinajstić information content (AvgIpc) is 3.51. The Labute approximate surface area is 216 Å². The van der Waals surface area contributed by atoms with Gasteiger partial charge in [-0.15, -0.1) is 0 Å². The van der Waals surface area contributed by atoms with Crippen LogP contribution < -0.4 is 22.5 Å². The molecule has 3 aromatic heterocycles. The smallest absolute Gasteiger partial charge is 0.329 e. The largest absolute Gasteiger partial charge is 0.465 e. The molecule has 0 amide bonds. The van der Waals surface area contributed by atoms with Gasteiger partial charge in [-0.25, -0.2) is 19.6 Å². The molecule has 37 heavy (non-hydrogen) atoms. The molecular formula is C21H26BrN7O8. The maximum absolute atomic E-state index is 11.7. The lowest BCUT2D eigenvalue weighted by Crippen LogP contribution is -2.29. The molecule has 16 heteroatoms. The molecule has 0 aromatic carbocycles. The lowest BCUT2D eigenvalue weighted by atomic mass is 10.2. The summed E-state index contributed by atoms with van der Waals surface area (Å²) in [5, 5.41) is 0.292. The number of H-pyrrole nitrogens is 2. The molecule has 1 aliphatic heterocycles. The summed E-state index contributed by atoms with van der Waals surface area (Å²) in [7, 11) is 3.07. The van der Waals surface area contributed by atoms with Gasteiger partial charge < -0.3 is 14.0 Å². The third-order valence-corrected chi connectivity index (χ3v) is 5.25. The highest BCUT2D eigenvalue weighted by Crippen LogP contribution is 2.16. The van der Waals surface area contributed by atoms with Crippen molar-refractivity contribution >= 4 is 51.1 Å². The fraction of sp³-hybridized carbons (Fsp3) is 0.429. The summed E-state index contributed by atoms with van der Waals surface area (Å²) >= 11 is 2.94. The number of hydrogen-bond acceptors (Lipinski definition) is 10. The standard InChI is InChI=1S/C10H12N4O4.C7H7N3O2.C4H7BrO2/c1-3-18-6(15)4-14-5-11-8-7(14)9(16)12-10(17)13(8)2;1-10-5-4(2-3-8-5)6(11)9-7(10)12;1-2-7-4(6)3-5/h5H,3-4H2,1-2H3,(H,12,16,17);3H,2H2,1H3,(H,9,11,12);2-3H2,1H3. The zero-order valence-corrected chi connectivity index (χ0v) is 22.2. The maximum atomic E-state index is 11.7. The molecule has 0 aliphatic carbocycles. The zero-order valence-electron chi connectivity index (χ0n) is 20.6. The molecule has 0 bridgehead atoms. The quantitative estimate of drug-likeness (QED) is 0.287. The van der Waals surface area contributed by atoms with Crippen LogP contribution in [0.3, 0.4) is 0 Å². The molecule has 2 N–H and O–H groups in total. The van der Waals surface area contributed by atoms with Gasteiger partial charge in [0.05, 0.1) is 25.1 Å². The van der Waals surface area contributed by atoms with E-state index in [1.54, 1.807) is 27.1 Å². The second-order valence-electron chi connectivity index (χ2n) is 7.24. The number of aliphatic imine (C=N–C) groups is 1. The number of nitrogens with zero attached hydrogens (tertiary/aromatic N) is 5. The number of hydrogen-bond donors (Lipinski definition) is 2. The number of aromatic amines is 2. The number of rotatable bonds is 5. The number of carbonyl (C=O) groups is 2. The molecule has 3 aromatic rings. The number of nitrogens with one attached hydrogen (secondary N) is 2. The van der Waals surface area contributed by atoms with Crippen molar-refractivity contribution in [1.29, 1.82) is 0 Å². The molecule has 0 spiro atoms. The summed E-state index contributed by atoms with van der Waals surface area (Å²) < 4.78 is 13.2. The number of aryl methyl sites for hydroxylation is 1. The van der Waals surface area contributed by atoms with E-state index in [4.69, 9.17) is 4.74 Å². The Morgan fingerprint density at radius 1 is 0.973 bits per heavy atom. The highest BCUT2D eigenvalue weighted by molar-refractivity contribution is 9.09. The number of aromatic nitrogens is 6. The van der Waals surface area contributed by atoms with E-state index in [0.717, 1.165) is 0 Å². The minimum atomic E-state index is -0.574. The van der Waals surface area contributed by atoms with Crippen molar-refractivity contribution in [2.75, 3.05) is 18.5 Å². The van der Waals surface area contributed by atoms with Crippen molar-refractivity contribution in [3.8, 4) is 0 Å². The maximum Gasteiger partial charge on any atom is 0.329 e. The number of imidazole rings is 1. The van der Waals surface area contributed by atoms with E-state index in [0.29, 0.717) is 29.7 Å². The Morgan fingerprint density at radius 3 is 2.16 bits per heavy atom. The number of alkyl halides is 1. The monoisotopic (exact) mass is 583 g/mol. The summed E-state index contributed by atoms with van der Waals surface area (Å²) in [4.78, 5) is 79.0. The first-order chi connectivity index (χ1) is 17.5. The molecule has 200 valence electrons. The van der Waals surface area contributed by atoms with E-state index >= 15 is 0 Å². The van der Waals surface area contributed by atoms with Crippen LogP contribution in [0.15, 0.2) is 30.5 Å². The van der Waals surface area contributed by atoms with Crippen LogP contribution in [0.2, 0.25) is 0 Å². The molecule has 4 heterocycles. The Kier molecular flexibility index (Phi) is 10.5. The number of carbonyl (C=O) groups excluding carboxylic acids is 2. The summed E-state index contributed by atoms with van der Waals surface area (Å²) in [5.41, 5.74) is -0.900. The van der Waals surface area contributed by atoms with Gasteiger partial charge in [0.1, 0.15) is 17.7 Å². The van der Waals surface area contributed by atoms with Crippen molar-refractivity contribution < 1.29 is 19.1 Å². The van der Waals surface area contributed by atoms with Gasteiger partial charge in [-0.1, -0.05) is 15.9 Å². The Bertz CT molecular complexity index is 1540. The number of esters is 2. The number of halogens is 1. The van der Waals surface area contributed by atoms with Crippen molar-refractivity contribution in [2.24, 2.45) is 19.1 Å². The minimum Gasteiger partial charge on any atom is -0.465 e. The van der Waals surface area contributed by atoms with E-state index < -0.39 is 22.9 Å². The molecule has 0 saturated heterocycles. The van der Waals surface area contributed by atoms with Gasteiger partial charge in [-0.05, 0) is 13.8 Å². The fourth-order valence-electron chi connectivity index (χ4n) is 3.08. The molecule has 0 unspecified atom stereocenters. The third kappa shape index (κ3) is 7.22. The molecule has 4 rings (SSSR count). The molecule has 0 fully saturated rings. The van der Waals surface area contributed by atoms with Crippen LogP contribution in [0.4, 0.5) is 5.82 Å². The predicted molar refractivity (Wildman–Crippen MR) is 137 cm³/mol. The summed E-state index contributed by atoms with van der Waals surface area (Å²) in [6.45, 7) is 4.08. The summed E-state index contributed by atoms with van der Waals surface area (Å²) in [6, 6.07) is 0. The van der Waals surface area contributed by atoms with Gasteiger partial charge in [0, 0.05) is 26.7 Å². The van der Waals surface area contributed by atoms with Crippen molar-refractivity contribution in [3.05, 3.63) is 53.6 Å². The van der Waals surface area contributed by atoms with Crippen LogP contribution in [0.25, 0.3) is 11.2 Å². The van der Waals surface area contributed by atoms with E-state index in [9.17, 15) is 28.8 Å². The lowest BCUT2D eigenvalue weighted by Gasteiger charge is -2.03. The van der Waals surface area contributed by atoms with Crippen molar-refractivity contribution in [1.82, 2.24) is 28.7 Å². The first kappa shape index (κ1) is 29.2. The van der Waals surface area contributed by atoms with E-state index in [-0.39, 0.29) is 35.8 Å². The van der Waals surface area contributed by atoms with E-state index in [1.807, 2.05) is 0 Å².